The number of esters is 1. The molecule has 0 aromatic heterocycles. The van der Waals surface area contributed by atoms with Crippen LogP contribution in [0.4, 0.5) is 0 Å². The summed E-state index contributed by atoms with van der Waals surface area (Å²) in [6.45, 7) is 0.751. The monoisotopic (exact) mass is 286 g/mol. The first-order valence-corrected chi connectivity index (χ1v) is 7.17. The van der Waals surface area contributed by atoms with Crippen LogP contribution in [0, 0.1) is 11.8 Å². The Morgan fingerprint density at radius 3 is 2.60 bits per heavy atom. The van der Waals surface area contributed by atoms with Crippen molar-refractivity contribution in [3.05, 3.63) is 0 Å². The van der Waals surface area contributed by atoms with Crippen molar-refractivity contribution < 1.29 is 19.6 Å². The van der Waals surface area contributed by atoms with Crippen LogP contribution in [0.15, 0.2) is 0 Å². The highest BCUT2D eigenvalue weighted by Crippen LogP contribution is 2.38. The van der Waals surface area contributed by atoms with E-state index in [0.29, 0.717) is 19.2 Å². The van der Waals surface area contributed by atoms with Crippen LogP contribution in [-0.2, 0) is 9.53 Å². The number of nitrogens with zero attached hydrogens (tertiary/aromatic N) is 1. The van der Waals surface area contributed by atoms with Gasteiger partial charge < -0.3 is 25.4 Å². The Labute approximate surface area is 121 Å². The maximum absolute atomic E-state index is 12.1. The maximum atomic E-state index is 12.1. The third kappa shape index (κ3) is 4.44. The van der Waals surface area contributed by atoms with Gasteiger partial charge in [0.25, 0.3) is 0 Å². The number of rotatable bonds is 6. The van der Waals surface area contributed by atoms with Gasteiger partial charge in [-0.05, 0) is 45.6 Å². The SMILES string of the molecule is COC(=O)[C@@]1(N)C[C@H](CCB(O)O)CC[C@H]1CN(C)C. The van der Waals surface area contributed by atoms with Crippen LogP contribution in [0.2, 0.25) is 6.32 Å². The summed E-state index contributed by atoms with van der Waals surface area (Å²) in [4.78, 5) is 14.1. The molecule has 1 aliphatic rings. The summed E-state index contributed by atoms with van der Waals surface area (Å²) < 4.78 is 4.90. The first-order chi connectivity index (χ1) is 9.29. The molecule has 6 nitrogen and oxygen atoms in total. The van der Waals surface area contributed by atoms with Crippen LogP contribution in [0.5, 0.6) is 0 Å². The molecule has 0 unspecified atom stereocenters. The smallest absolute Gasteiger partial charge is 0.451 e. The Hall–Kier alpha value is -0.625. The lowest BCUT2D eigenvalue weighted by atomic mass is 9.66. The molecule has 116 valence electrons. The maximum Gasteiger partial charge on any atom is 0.451 e. The number of hydrogen-bond acceptors (Lipinski definition) is 6. The van der Waals surface area contributed by atoms with Crippen LogP contribution >= 0.6 is 0 Å². The number of nitrogens with two attached hydrogens (primary N) is 1. The molecular weight excluding hydrogens is 259 g/mol. The van der Waals surface area contributed by atoms with E-state index in [1.165, 1.54) is 7.11 Å². The van der Waals surface area contributed by atoms with Crippen molar-refractivity contribution in [2.24, 2.45) is 17.6 Å². The van der Waals surface area contributed by atoms with E-state index in [1.807, 2.05) is 19.0 Å². The lowest BCUT2D eigenvalue weighted by molar-refractivity contribution is -0.152. The lowest BCUT2D eigenvalue weighted by Crippen LogP contribution is -2.60. The molecule has 3 atom stereocenters. The zero-order valence-corrected chi connectivity index (χ0v) is 12.7. The Bertz CT molecular complexity index is 327. The van der Waals surface area contributed by atoms with Gasteiger partial charge in [0.15, 0.2) is 0 Å². The minimum atomic E-state index is -1.29. The van der Waals surface area contributed by atoms with Gasteiger partial charge in [-0.25, -0.2) is 0 Å². The zero-order chi connectivity index (χ0) is 15.3. The van der Waals surface area contributed by atoms with Crippen LogP contribution < -0.4 is 5.73 Å². The van der Waals surface area contributed by atoms with Crippen molar-refractivity contribution in [1.82, 2.24) is 4.90 Å². The molecule has 1 saturated carbocycles. The number of methoxy groups -OCH3 is 1. The predicted octanol–water partition coefficient (Wildman–Crippen LogP) is -0.302. The number of ether oxygens (including phenoxy) is 1. The van der Waals surface area contributed by atoms with Crippen LogP contribution in [0.25, 0.3) is 0 Å². The largest absolute Gasteiger partial charge is 0.468 e. The highest BCUT2D eigenvalue weighted by Gasteiger charge is 2.47. The second-order valence-corrected chi connectivity index (χ2v) is 6.20. The van der Waals surface area contributed by atoms with E-state index in [1.54, 1.807) is 0 Å². The van der Waals surface area contributed by atoms with Crippen molar-refractivity contribution >= 4 is 13.1 Å². The Morgan fingerprint density at radius 1 is 1.45 bits per heavy atom. The molecule has 0 heterocycles. The van der Waals surface area contributed by atoms with Crippen LogP contribution in [0.3, 0.4) is 0 Å². The van der Waals surface area contributed by atoms with E-state index >= 15 is 0 Å². The van der Waals surface area contributed by atoms with Gasteiger partial charge in [-0.3, -0.25) is 4.79 Å². The van der Waals surface area contributed by atoms with Crippen molar-refractivity contribution in [3.63, 3.8) is 0 Å². The van der Waals surface area contributed by atoms with Gasteiger partial charge in [0.1, 0.15) is 5.54 Å². The molecule has 0 aromatic carbocycles. The highest BCUT2D eigenvalue weighted by molar-refractivity contribution is 6.40. The standard InChI is InChI=1S/C13H27BN2O4/c1-16(2)9-11-5-4-10(6-7-14(18)19)8-13(11,15)12(17)20-3/h10-11,18-19H,4-9,15H2,1-3H3/t10-,11-,13+/m0/s1. The summed E-state index contributed by atoms with van der Waals surface area (Å²) in [5.74, 6) is -0.0573. The van der Waals surface area contributed by atoms with E-state index < -0.39 is 12.7 Å². The van der Waals surface area contributed by atoms with Gasteiger partial charge in [0, 0.05) is 12.5 Å². The molecule has 0 spiro atoms. The van der Waals surface area contributed by atoms with Gasteiger partial charge in [0.05, 0.1) is 7.11 Å². The fourth-order valence-corrected chi connectivity index (χ4v) is 3.21. The zero-order valence-electron chi connectivity index (χ0n) is 12.7. The Balaban J connectivity index is 2.75. The fraction of sp³-hybridized carbons (Fsp3) is 0.923. The van der Waals surface area contributed by atoms with Gasteiger partial charge in [-0.1, -0.05) is 6.42 Å². The molecule has 1 aliphatic carbocycles. The highest BCUT2D eigenvalue weighted by atomic mass is 16.5. The Morgan fingerprint density at radius 2 is 2.10 bits per heavy atom. The fourth-order valence-electron chi connectivity index (χ4n) is 3.21. The van der Waals surface area contributed by atoms with Crippen molar-refractivity contribution in [1.29, 1.82) is 0 Å². The third-order valence-corrected chi connectivity index (χ3v) is 4.26. The van der Waals surface area contributed by atoms with Crippen molar-refractivity contribution in [2.75, 3.05) is 27.7 Å². The summed E-state index contributed by atoms with van der Waals surface area (Å²) in [5.41, 5.74) is 5.41. The predicted molar refractivity (Wildman–Crippen MR) is 77.9 cm³/mol. The number of carbonyl (C=O) groups excluding carboxylic acids is 1. The molecule has 4 N–H and O–H groups in total. The quantitative estimate of drug-likeness (QED) is 0.458. The molecule has 1 fully saturated rings. The van der Waals surface area contributed by atoms with Gasteiger partial charge in [0.2, 0.25) is 0 Å². The van der Waals surface area contributed by atoms with E-state index in [4.69, 9.17) is 20.5 Å². The van der Waals surface area contributed by atoms with E-state index in [9.17, 15) is 4.79 Å². The van der Waals surface area contributed by atoms with Crippen molar-refractivity contribution in [3.8, 4) is 0 Å². The second-order valence-electron chi connectivity index (χ2n) is 6.20. The molecule has 20 heavy (non-hydrogen) atoms. The van der Waals surface area contributed by atoms with Gasteiger partial charge in [-0.15, -0.1) is 0 Å². The lowest BCUT2D eigenvalue weighted by Gasteiger charge is -2.43. The molecule has 7 heteroatoms. The summed E-state index contributed by atoms with van der Waals surface area (Å²) in [6, 6.07) is 0. The molecule has 0 bridgehead atoms. The molecule has 0 saturated heterocycles. The van der Waals surface area contributed by atoms with Gasteiger partial charge >= 0.3 is 13.1 Å². The van der Waals surface area contributed by atoms with E-state index in [2.05, 4.69) is 0 Å². The molecule has 1 rings (SSSR count). The molecular formula is C13H27BN2O4. The first kappa shape index (κ1) is 17.4. The van der Waals surface area contributed by atoms with Crippen LogP contribution in [0.1, 0.15) is 25.7 Å². The molecule has 0 aromatic rings. The first-order valence-electron chi connectivity index (χ1n) is 7.17. The van der Waals surface area contributed by atoms with E-state index in [0.717, 1.165) is 19.4 Å². The normalized spacial score (nSPS) is 30.4. The number of hydrogen-bond donors (Lipinski definition) is 3. The second kappa shape index (κ2) is 7.40. The minimum absolute atomic E-state index is 0.0697. The van der Waals surface area contributed by atoms with Crippen LogP contribution in [-0.4, -0.2) is 61.3 Å². The van der Waals surface area contributed by atoms with E-state index in [-0.39, 0.29) is 17.8 Å². The Kier molecular flexibility index (Phi) is 6.45. The molecule has 0 amide bonds. The summed E-state index contributed by atoms with van der Waals surface area (Å²) >= 11 is 0. The molecule has 0 radical (unpaired) electrons. The molecule has 0 aliphatic heterocycles. The average molecular weight is 286 g/mol. The topological polar surface area (TPSA) is 96.0 Å². The summed E-state index contributed by atoms with van der Waals surface area (Å²) in [7, 11) is 4.00. The summed E-state index contributed by atoms with van der Waals surface area (Å²) in [6.07, 6.45) is 3.35. The number of carbonyl (C=O) groups is 1. The third-order valence-electron chi connectivity index (χ3n) is 4.26. The van der Waals surface area contributed by atoms with Crippen molar-refractivity contribution in [2.45, 2.75) is 37.5 Å². The average Bonchev–Trinajstić information content (AvgIpc) is 2.37. The minimum Gasteiger partial charge on any atom is -0.468 e. The van der Waals surface area contributed by atoms with Gasteiger partial charge in [-0.2, -0.15) is 0 Å². The summed E-state index contributed by atoms with van der Waals surface area (Å²) in [5, 5.41) is 17.9.